The van der Waals surface area contributed by atoms with Crippen molar-refractivity contribution in [2.45, 2.75) is 63.0 Å². The SMILES string of the molecule is CCOC(=O)C(Cl)Cc1cc(-n2nc(C)n(C(F)F)c2=O)c(F)cc1Cl.COc1nc(C)nc(NC(=O)NS(=O)(=O)c2ccccc2CCC(F)(F)F)n1. The van der Waals surface area contributed by atoms with Crippen LogP contribution in [0.25, 0.3) is 5.69 Å². The number of hydrogen-bond acceptors (Lipinski definition) is 11. The Hall–Kier alpha value is -4.96. The molecule has 294 valence electrons. The van der Waals surface area contributed by atoms with Gasteiger partial charge in [-0.15, -0.1) is 16.7 Å². The molecule has 4 aromatic rings. The van der Waals surface area contributed by atoms with Gasteiger partial charge in [-0.05, 0) is 56.5 Å². The van der Waals surface area contributed by atoms with Gasteiger partial charge < -0.3 is 9.47 Å². The quantitative estimate of drug-likeness (QED) is 0.105. The molecule has 54 heavy (non-hydrogen) atoms. The third kappa shape index (κ3) is 11.8. The van der Waals surface area contributed by atoms with E-state index in [9.17, 15) is 49.1 Å². The lowest BCUT2D eigenvalue weighted by Crippen LogP contribution is -2.35. The summed E-state index contributed by atoms with van der Waals surface area (Å²) in [6.45, 7) is 1.31. The number of anilines is 1. The third-order valence-corrected chi connectivity index (χ3v) is 8.88. The second-order valence-corrected chi connectivity index (χ2v) is 13.3. The lowest BCUT2D eigenvalue weighted by Gasteiger charge is -2.13. The molecule has 15 nitrogen and oxygen atoms in total. The van der Waals surface area contributed by atoms with E-state index in [0.29, 0.717) is 4.68 Å². The summed E-state index contributed by atoms with van der Waals surface area (Å²) in [5.74, 6) is -1.97. The van der Waals surface area contributed by atoms with Crippen LogP contribution in [0.1, 0.15) is 42.7 Å². The Morgan fingerprint density at radius 1 is 1.06 bits per heavy atom. The number of urea groups is 1. The number of esters is 1. The van der Waals surface area contributed by atoms with Crippen molar-refractivity contribution in [2.24, 2.45) is 0 Å². The zero-order chi connectivity index (χ0) is 40.5. The highest BCUT2D eigenvalue weighted by atomic mass is 35.5. The second kappa shape index (κ2) is 18.4. The fraction of sp³-hybridized carbons (Fsp3) is 0.367. The van der Waals surface area contributed by atoms with Crippen LogP contribution in [-0.2, 0) is 32.4 Å². The number of aromatic nitrogens is 6. The first-order chi connectivity index (χ1) is 25.2. The minimum atomic E-state index is -4.45. The van der Waals surface area contributed by atoms with Crippen LogP contribution in [-0.4, -0.2) is 75.0 Å². The van der Waals surface area contributed by atoms with Crippen LogP contribution < -0.4 is 20.5 Å². The van der Waals surface area contributed by atoms with Crippen LogP contribution in [0.5, 0.6) is 6.01 Å². The fourth-order valence-electron chi connectivity index (χ4n) is 4.42. The van der Waals surface area contributed by atoms with E-state index in [0.717, 1.165) is 18.2 Å². The number of amides is 2. The summed E-state index contributed by atoms with van der Waals surface area (Å²) in [6, 6.07) is 5.84. The Balaban J connectivity index is 0.000000291. The summed E-state index contributed by atoms with van der Waals surface area (Å²) in [4.78, 5) is 46.6. The lowest BCUT2D eigenvalue weighted by atomic mass is 10.1. The van der Waals surface area contributed by atoms with Crippen molar-refractivity contribution in [1.82, 2.24) is 34.0 Å². The molecule has 0 saturated heterocycles. The monoisotopic (exact) mass is 830 g/mol. The first-order valence-corrected chi connectivity index (χ1v) is 17.5. The standard InChI is InChI=1S/C15H14Cl2F3N3O3.C15H16F3N5O4S/c1-3-26-13(24)10(17)4-8-5-12(11(18)6-9(8)16)23-15(25)22(14(19)20)7(2)21-23;1-9-19-12(22-14(20-9)27-2)21-13(24)23-28(25,26)11-6-4-3-5-10(11)7-8-15(16,17)18/h5-6,10,14H,3-4H2,1-2H3;3-6H,7-8H2,1-2H3,(H2,19,20,21,22,23,24). The first-order valence-electron chi connectivity index (χ1n) is 15.2. The molecule has 1 atom stereocenters. The molecule has 0 aliphatic heterocycles. The summed E-state index contributed by atoms with van der Waals surface area (Å²) < 4.78 is 114. The summed E-state index contributed by atoms with van der Waals surface area (Å²) in [7, 11) is -3.14. The van der Waals surface area contributed by atoms with E-state index in [4.69, 9.17) is 32.7 Å². The minimum absolute atomic E-state index is 0.0424. The van der Waals surface area contributed by atoms with E-state index in [1.165, 1.54) is 39.2 Å². The average Bonchev–Trinajstić information content (AvgIpc) is 3.37. The van der Waals surface area contributed by atoms with E-state index >= 15 is 0 Å². The highest BCUT2D eigenvalue weighted by molar-refractivity contribution is 7.90. The molecule has 2 aromatic carbocycles. The van der Waals surface area contributed by atoms with Gasteiger partial charge in [-0.1, -0.05) is 29.8 Å². The van der Waals surface area contributed by atoms with Gasteiger partial charge in [0.25, 0.3) is 10.0 Å². The molecule has 2 N–H and O–H groups in total. The third-order valence-electron chi connectivity index (χ3n) is 6.76. The molecule has 2 amide bonds. The van der Waals surface area contributed by atoms with Crippen LogP contribution >= 0.6 is 23.2 Å². The lowest BCUT2D eigenvalue weighted by molar-refractivity contribution is -0.142. The maximum atomic E-state index is 14.2. The number of carbonyl (C=O) groups excluding carboxylic acids is 2. The van der Waals surface area contributed by atoms with Crippen molar-refractivity contribution < 1.29 is 53.8 Å². The van der Waals surface area contributed by atoms with E-state index < -0.39 is 69.4 Å². The predicted octanol–water partition coefficient (Wildman–Crippen LogP) is 5.44. The van der Waals surface area contributed by atoms with Crippen molar-refractivity contribution >= 4 is 51.2 Å². The Kier molecular flexibility index (Phi) is 14.8. The molecular weight excluding hydrogens is 801 g/mol. The number of alkyl halides is 6. The highest BCUT2D eigenvalue weighted by Gasteiger charge is 2.29. The smallest absolute Gasteiger partial charge is 0.389 e. The molecule has 0 aliphatic rings. The van der Waals surface area contributed by atoms with Gasteiger partial charge in [-0.25, -0.2) is 31.7 Å². The molecule has 2 heterocycles. The van der Waals surface area contributed by atoms with Crippen LogP contribution in [0, 0.1) is 19.7 Å². The molecule has 0 fully saturated rings. The molecule has 0 spiro atoms. The number of aryl methyl sites for hydroxylation is 3. The molecule has 0 radical (unpaired) electrons. The fourth-order valence-corrected chi connectivity index (χ4v) is 6.06. The molecule has 1 unspecified atom stereocenters. The number of hydrogen-bond donors (Lipinski definition) is 2. The number of rotatable bonds is 12. The van der Waals surface area contributed by atoms with E-state index in [2.05, 4.69) is 25.4 Å². The number of sulfonamides is 1. The summed E-state index contributed by atoms with van der Waals surface area (Å²) in [5, 5.41) is 4.63. The minimum Gasteiger partial charge on any atom is -0.467 e. The Morgan fingerprint density at radius 3 is 2.31 bits per heavy atom. The molecule has 0 bridgehead atoms. The zero-order valence-electron chi connectivity index (χ0n) is 28.4. The summed E-state index contributed by atoms with van der Waals surface area (Å²) in [6.07, 6.45) is -6.31. The van der Waals surface area contributed by atoms with E-state index in [1.54, 1.807) is 11.6 Å². The van der Waals surface area contributed by atoms with Crippen molar-refractivity contribution in [3.05, 3.63) is 80.5 Å². The summed E-state index contributed by atoms with van der Waals surface area (Å²) in [5.41, 5.74) is -1.44. The maximum absolute atomic E-state index is 14.2. The number of methoxy groups -OCH3 is 1. The van der Waals surface area contributed by atoms with Gasteiger partial charge in [0.05, 0.1) is 18.6 Å². The molecule has 2 aromatic heterocycles. The van der Waals surface area contributed by atoms with Gasteiger partial charge >= 0.3 is 36.4 Å². The van der Waals surface area contributed by atoms with Gasteiger partial charge in [0, 0.05) is 17.9 Å². The van der Waals surface area contributed by atoms with Gasteiger partial charge in [-0.2, -0.15) is 41.6 Å². The molecular formula is C30H30Cl2F6N8O7S. The van der Waals surface area contributed by atoms with Crippen LogP contribution in [0.2, 0.25) is 5.02 Å². The van der Waals surface area contributed by atoms with Gasteiger partial charge in [-0.3, -0.25) is 10.1 Å². The van der Waals surface area contributed by atoms with Crippen molar-refractivity contribution in [2.75, 3.05) is 19.0 Å². The normalized spacial score (nSPS) is 12.1. The van der Waals surface area contributed by atoms with Crippen molar-refractivity contribution in [3.8, 4) is 11.7 Å². The number of nitrogens with zero attached hydrogens (tertiary/aromatic N) is 6. The molecule has 24 heteroatoms. The number of benzene rings is 2. The Labute approximate surface area is 312 Å². The Morgan fingerprint density at radius 2 is 1.72 bits per heavy atom. The van der Waals surface area contributed by atoms with Crippen molar-refractivity contribution in [1.29, 1.82) is 0 Å². The average molecular weight is 832 g/mol. The predicted molar refractivity (Wildman–Crippen MR) is 180 cm³/mol. The topological polar surface area (TPSA) is 189 Å². The Bertz CT molecular complexity index is 2150. The molecule has 4 rings (SSSR count). The highest BCUT2D eigenvalue weighted by Crippen LogP contribution is 2.27. The van der Waals surface area contributed by atoms with Crippen LogP contribution in [0.4, 0.5) is 37.1 Å². The molecule has 0 saturated carbocycles. The number of carbonyl (C=O) groups is 2. The van der Waals surface area contributed by atoms with Gasteiger partial charge in [0.2, 0.25) is 5.95 Å². The van der Waals surface area contributed by atoms with E-state index in [-0.39, 0.29) is 63.0 Å². The van der Waals surface area contributed by atoms with Crippen LogP contribution in [0.3, 0.4) is 0 Å². The largest absolute Gasteiger partial charge is 0.467 e. The van der Waals surface area contributed by atoms with Crippen molar-refractivity contribution in [3.63, 3.8) is 0 Å². The maximum Gasteiger partial charge on any atom is 0.389 e. The second-order valence-electron chi connectivity index (χ2n) is 10.7. The number of halogens is 8. The number of ether oxygens (including phenoxy) is 2. The van der Waals surface area contributed by atoms with Gasteiger partial charge in [0.1, 0.15) is 22.7 Å². The van der Waals surface area contributed by atoms with Crippen LogP contribution in [0.15, 0.2) is 46.1 Å². The van der Waals surface area contributed by atoms with E-state index in [1.807, 2.05) is 0 Å². The summed E-state index contributed by atoms with van der Waals surface area (Å²) >= 11 is 11.9. The zero-order valence-corrected chi connectivity index (χ0v) is 30.7. The number of nitrogens with one attached hydrogen (secondary N) is 2. The molecule has 0 aliphatic carbocycles. The van der Waals surface area contributed by atoms with Gasteiger partial charge in [0.15, 0.2) is 5.82 Å². The first kappa shape index (κ1) is 43.4.